The highest BCUT2D eigenvalue weighted by Crippen LogP contribution is 2.19. The molecule has 1 heterocycles. The van der Waals surface area contributed by atoms with Crippen LogP contribution >= 0.6 is 0 Å². The van der Waals surface area contributed by atoms with Gasteiger partial charge in [0.2, 0.25) is 0 Å². The Bertz CT molecular complexity index is 696. The molecule has 3 heteroatoms. The third-order valence-corrected chi connectivity index (χ3v) is 6.43. The van der Waals surface area contributed by atoms with E-state index in [4.69, 9.17) is 4.74 Å². The van der Waals surface area contributed by atoms with Crippen LogP contribution < -0.4 is 4.74 Å². The van der Waals surface area contributed by atoms with Crippen LogP contribution in [0.1, 0.15) is 122 Å². The second kappa shape index (κ2) is 18.5. The smallest absolute Gasteiger partial charge is 0.159 e. The van der Waals surface area contributed by atoms with Crippen LogP contribution in [-0.4, -0.2) is 16.6 Å². The lowest BCUT2D eigenvalue weighted by molar-refractivity contribution is 0.302. The van der Waals surface area contributed by atoms with Crippen LogP contribution in [0, 0.1) is 0 Å². The Hall–Kier alpha value is -1.90. The molecule has 0 radical (unpaired) electrons. The Kier molecular flexibility index (Phi) is 15.3. The van der Waals surface area contributed by atoms with Crippen LogP contribution in [0.5, 0.6) is 5.75 Å². The minimum absolute atomic E-state index is 0.756. The summed E-state index contributed by atoms with van der Waals surface area (Å²) in [4.78, 5) is 9.03. The molecule has 1 aromatic heterocycles. The van der Waals surface area contributed by atoms with Crippen LogP contribution in [0.2, 0.25) is 0 Å². The molecule has 0 unspecified atom stereocenters. The molecule has 0 amide bonds. The fraction of sp³-hybridized carbons (Fsp3) is 0.667. The Morgan fingerprint density at radius 2 is 1.06 bits per heavy atom. The molecule has 33 heavy (non-hydrogen) atoms. The van der Waals surface area contributed by atoms with Crippen LogP contribution in [-0.2, 0) is 6.42 Å². The summed E-state index contributed by atoms with van der Waals surface area (Å²) in [6.07, 6.45) is 26.2. The molecule has 0 N–H and O–H groups in total. The van der Waals surface area contributed by atoms with Crippen molar-refractivity contribution in [2.45, 2.75) is 123 Å². The highest BCUT2D eigenvalue weighted by Gasteiger charge is 2.03. The van der Waals surface area contributed by atoms with Gasteiger partial charge < -0.3 is 4.74 Å². The first-order valence-corrected chi connectivity index (χ1v) is 13.9. The number of aromatic nitrogens is 2. The summed E-state index contributed by atoms with van der Waals surface area (Å²) in [5, 5.41) is 0. The van der Waals surface area contributed by atoms with Gasteiger partial charge in [0, 0.05) is 5.56 Å². The molecule has 1 aromatic carbocycles. The molecule has 0 bridgehead atoms. The third kappa shape index (κ3) is 12.8. The normalized spacial score (nSPS) is 11.1. The van der Waals surface area contributed by atoms with E-state index in [-0.39, 0.29) is 0 Å². The van der Waals surface area contributed by atoms with E-state index >= 15 is 0 Å². The van der Waals surface area contributed by atoms with Crippen molar-refractivity contribution < 1.29 is 4.74 Å². The minimum atomic E-state index is 0.756. The first-order valence-electron chi connectivity index (χ1n) is 13.9. The Morgan fingerprint density at radius 3 is 1.61 bits per heavy atom. The van der Waals surface area contributed by atoms with Gasteiger partial charge >= 0.3 is 0 Å². The molecule has 0 saturated carbocycles. The molecule has 0 spiro atoms. The lowest BCUT2D eigenvalue weighted by atomic mass is 10.0. The van der Waals surface area contributed by atoms with E-state index in [2.05, 4.69) is 48.1 Å². The maximum absolute atomic E-state index is 5.84. The van der Waals surface area contributed by atoms with Crippen molar-refractivity contribution in [3.8, 4) is 17.1 Å². The monoisotopic (exact) mass is 452 g/mol. The van der Waals surface area contributed by atoms with Crippen molar-refractivity contribution in [1.82, 2.24) is 9.97 Å². The van der Waals surface area contributed by atoms with Gasteiger partial charge in [0.25, 0.3) is 0 Å². The van der Waals surface area contributed by atoms with Gasteiger partial charge in [0.05, 0.1) is 19.0 Å². The van der Waals surface area contributed by atoms with E-state index in [1.807, 2.05) is 12.4 Å². The number of unbranched alkanes of at least 4 members (excludes halogenated alkanes) is 14. The fourth-order valence-electron chi connectivity index (χ4n) is 4.25. The fourth-order valence-corrected chi connectivity index (χ4v) is 4.25. The summed E-state index contributed by atoms with van der Waals surface area (Å²) < 4.78 is 5.84. The molecular weight excluding hydrogens is 404 g/mol. The summed E-state index contributed by atoms with van der Waals surface area (Å²) in [5.74, 6) is 1.54. The molecule has 0 aliphatic carbocycles. The van der Waals surface area contributed by atoms with E-state index in [0.717, 1.165) is 30.2 Å². The minimum Gasteiger partial charge on any atom is -0.490 e. The van der Waals surface area contributed by atoms with Crippen molar-refractivity contribution >= 4 is 0 Å². The van der Waals surface area contributed by atoms with Gasteiger partial charge in [-0.05, 0) is 24.8 Å². The molecule has 0 saturated heterocycles. The first kappa shape index (κ1) is 27.3. The summed E-state index contributed by atoms with van der Waals surface area (Å²) in [6.45, 7) is 5.30. The van der Waals surface area contributed by atoms with E-state index < -0.39 is 0 Å². The van der Waals surface area contributed by atoms with Crippen LogP contribution in [0.15, 0.2) is 36.7 Å². The standard InChI is InChI=1S/C30H48N2O/c1-3-5-7-9-11-12-13-14-16-18-24-33-29-25-31-30(32-26-29)28-22-20-27(21-23-28)19-17-15-10-8-6-4-2/h20-23,25-26H,3-19,24H2,1-2H3. The molecular formula is C30H48N2O. The van der Waals surface area contributed by atoms with Crippen molar-refractivity contribution in [2.75, 3.05) is 6.61 Å². The summed E-state index contributed by atoms with van der Waals surface area (Å²) >= 11 is 0. The average molecular weight is 453 g/mol. The van der Waals surface area contributed by atoms with Crippen molar-refractivity contribution in [3.05, 3.63) is 42.2 Å². The molecule has 0 aliphatic rings. The van der Waals surface area contributed by atoms with Crippen molar-refractivity contribution in [1.29, 1.82) is 0 Å². The van der Waals surface area contributed by atoms with E-state index in [1.54, 1.807) is 0 Å². The number of rotatable bonds is 20. The van der Waals surface area contributed by atoms with Crippen LogP contribution in [0.3, 0.4) is 0 Å². The maximum atomic E-state index is 5.84. The first-order chi connectivity index (χ1) is 16.3. The number of benzene rings is 1. The SMILES string of the molecule is CCCCCCCCCCCCOc1cnc(-c2ccc(CCCCCCCC)cc2)nc1. The Balaban J connectivity index is 1.57. The lowest BCUT2D eigenvalue weighted by Crippen LogP contribution is -1.99. The Morgan fingerprint density at radius 1 is 0.576 bits per heavy atom. The van der Waals surface area contributed by atoms with E-state index in [1.165, 1.54) is 108 Å². The third-order valence-electron chi connectivity index (χ3n) is 6.43. The van der Waals surface area contributed by atoms with Crippen LogP contribution in [0.25, 0.3) is 11.4 Å². The zero-order valence-electron chi connectivity index (χ0n) is 21.5. The predicted molar refractivity (Wildman–Crippen MR) is 142 cm³/mol. The highest BCUT2D eigenvalue weighted by atomic mass is 16.5. The largest absolute Gasteiger partial charge is 0.490 e. The van der Waals surface area contributed by atoms with E-state index in [0.29, 0.717) is 0 Å². The van der Waals surface area contributed by atoms with Gasteiger partial charge in [-0.1, -0.05) is 128 Å². The second-order valence-corrected chi connectivity index (χ2v) is 9.49. The highest BCUT2D eigenvalue weighted by molar-refractivity contribution is 5.55. The molecule has 184 valence electrons. The summed E-state index contributed by atoms with van der Waals surface area (Å²) in [6, 6.07) is 8.74. The van der Waals surface area contributed by atoms with Crippen molar-refractivity contribution in [2.24, 2.45) is 0 Å². The number of aryl methyl sites for hydroxylation is 1. The predicted octanol–water partition coefficient (Wildman–Crippen LogP) is 9.35. The number of nitrogens with zero attached hydrogens (tertiary/aromatic N) is 2. The van der Waals surface area contributed by atoms with Crippen molar-refractivity contribution in [3.63, 3.8) is 0 Å². The van der Waals surface area contributed by atoms with Crippen LogP contribution in [0.4, 0.5) is 0 Å². The quantitative estimate of drug-likeness (QED) is 0.188. The van der Waals surface area contributed by atoms with Gasteiger partial charge in [-0.3, -0.25) is 0 Å². The van der Waals surface area contributed by atoms with E-state index in [9.17, 15) is 0 Å². The molecule has 2 aromatic rings. The molecule has 3 nitrogen and oxygen atoms in total. The van der Waals surface area contributed by atoms with Gasteiger partial charge in [0.1, 0.15) is 0 Å². The average Bonchev–Trinajstić information content (AvgIpc) is 2.85. The molecule has 0 atom stereocenters. The van der Waals surface area contributed by atoms with Gasteiger partial charge in [-0.15, -0.1) is 0 Å². The summed E-state index contributed by atoms with van der Waals surface area (Å²) in [7, 11) is 0. The zero-order chi connectivity index (χ0) is 23.4. The Labute approximate surface area is 203 Å². The topological polar surface area (TPSA) is 35.0 Å². The molecule has 0 aliphatic heterocycles. The molecule has 2 rings (SSSR count). The maximum Gasteiger partial charge on any atom is 0.159 e. The molecule has 0 fully saturated rings. The van der Waals surface area contributed by atoms with Gasteiger partial charge in [-0.25, -0.2) is 9.97 Å². The number of ether oxygens (including phenoxy) is 1. The number of hydrogen-bond acceptors (Lipinski definition) is 3. The van der Waals surface area contributed by atoms with Gasteiger partial charge in [0.15, 0.2) is 11.6 Å². The number of hydrogen-bond donors (Lipinski definition) is 0. The van der Waals surface area contributed by atoms with Gasteiger partial charge in [-0.2, -0.15) is 0 Å². The zero-order valence-corrected chi connectivity index (χ0v) is 21.5. The summed E-state index contributed by atoms with van der Waals surface area (Å²) in [5.41, 5.74) is 2.48. The second-order valence-electron chi connectivity index (χ2n) is 9.49. The lowest BCUT2D eigenvalue weighted by Gasteiger charge is -2.07.